The highest BCUT2D eigenvalue weighted by atomic mass is 79.9. The maximum absolute atomic E-state index is 10.5. The third kappa shape index (κ3) is 1.27. The molecule has 0 radical (unpaired) electrons. The van der Waals surface area contributed by atoms with Crippen LogP contribution in [0, 0.1) is 0 Å². The number of carbonyl (C=O) groups is 1. The summed E-state index contributed by atoms with van der Waals surface area (Å²) in [6, 6.07) is -0.599. The van der Waals surface area contributed by atoms with Crippen LogP contribution in [0.15, 0.2) is 18.7 Å². The van der Waals surface area contributed by atoms with E-state index in [1.807, 2.05) is 0 Å². The standard InChI is InChI=1S/C4H5BrN4O/c5-9(4(6)10)8-2-1-7-3-8/h1-3H,(H2,6,10). The van der Waals surface area contributed by atoms with E-state index < -0.39 is 6.03 Å². The molecule has 0 fully saturated rings. The lowest BCUT2D eigenvalue weighted by atomic mass is 10.9. The van der Waals surface area contributed by atoms with Gasteiger partial charge in [0.15, 0.2) is 0 Å². The van der Waals surface area contributed by atoms with Crippen molar-refractivity contribution in [1.82, 2.24) is 9.66 Å². The van der Waals surface area contributed by atoms with Gasteiger partial charge in [0.05, 0.1) is 16.1 Å². The molecular weight excluding hydrogens is 200 g/mol. The number of carbonyl (C=O) groups excluding carboxylic acids is 1. The predicted octanol–water partition coefficient (Wildman–Crippen LogP) is 0.210. The first-order valence-corrected chi connectivity index (χ1v) is 3.16. The number of aromatic nitrogens is 2. The molecule has 2 N–H and O–H groups in total. The van der Waals surface area contributed by atoms with Crippen molar-refractivity contribution in [3.05, 3.63) is 18.7 Å². The molecule has 0 aliphatic carbocycles. The van der Waals surface area contributed by atoms with Gasteiger partial charge in [-0.25, -0.2) is 14.5 Å². The maximum Gasteiger partial charge on any atom is 0.344 e. The van der Waals surface area contributed by atoms with Gasteiger partial charge in [-0.05, 0) is 0 Å². The Balaban J connectivity index is 2.77. The van der Waals surface area contributed by atoms with Crippen molar-refractivity contribution in [3.63, 3.8) is 0 Å². The van der Waals surface area contributed by atoms with E-state index in [-0.39, 0.29) is 0 Å². The maximum atomic E-state index is 10.5. The third-order valence-electron chi connectivity index (χ3n) is 0.875. The van der Waals surface area contributed by atoms with Crippen LogP contribution in [0.4, 0.5) is 4.79 Å². The second kappa shape index (κ2) is 2.70. The fraction of sp³-hybridized carbons (Fsp3) is 0. The van der Waals surface area contributed by atoms with Gasteiger partial charge in [-0.15, -0.1) is 0 Å². The summed E-state index contributed by atoms with van der Waals surface area (Å²) in [5.41, 5.74) is 4.92. The lowest BCUT2D eigenvalue weighted by molar-refractivity contribution is 0.254. The molecule has 0 saturated carbocycles. The van der Waals surface area contributed by atoms with Gasteiger partial charge in [0.1, 0.15) is 6.33 Å². The monoisotopic (exact) mass is 204 g/mol. The lowest BCUT2D eigenvalue weighted by Crippen LogP contribution is -2.34. The summed E-state index contributed by atoms with van der Waals surface area (Å²) in [6.45, 7) is 0. The van der Waals surface area contributed by atoms with Crippen molar-refractivity contribution < 1.29 is 4.79 Å². The van der Waals surface area contributed by atoms with E-state index in [1.54, 1.807) is 6.20 Å². The number of halogens is 1. The van der Waals surface area contributed by atoms with E-state index in [4.69, 9.17) is 5.73 Å². The minimum absolute atomic E-state index is 0.599. The fourth-order valence-electron chi connectivity index (χ4n) is 0.470. The number of imidazole rings is 1. The number of hydrogen-bond donors (Lipinski definition) is 1. The molecule has 0 unspecified atom stereocenters. The summed E-state index contributed by atoms with van der Waals surface area (Å²) in [4.78, 5) is 14.2. The van der Waals surface area contributed by atoms with E-state index >= 15 is 0 Å². The van der Waals surface area contributed by atoms with Crippen LogP contribution in [0.5, 0.6) is 0 Å². The first kappa shape index (κ1) is 7.07. The Bertz CT molecular complexity index is 221. The molecule has 0 aliphatic rings. The number of hydrogen-bond acceptors (Lipinski definition) is 2. The molecule has 0 spiro atoms. The van der Waals surface area contributed by atoms with Crippen molar-refractivity contribution in [3.8, 4) is 0 Å². The Labute approximate surface area is 65.7 Å². The summed E-state index contributed by atoms with van der Waals surface area (Å²) in [5, 5.41) is 0. The molecule has 6 heteroatoms. The molecule has 0 aliphatic heterocycles. The number of nitrogens with zero attached hydrogens (tertiary/aromatic N) is 3. The van der Waals surface area contributed by atoms with E-state index in [2.05, 4.69) is 21.1 Å². The van der Waals surface area contributed by atoms with Crippen molar-refractivity contribution in [2.45, 2.75) is 0 Å². The van der Waals surface area contributed by atoms with Gasteiger partial charge < -0.3 is 5.73 Å². The minimum atomic E-state index is -0.599. The average Bonchev–Trinajstić information content (AvgIpc) is 2.36. The summed E-state index contributed by atoms with van der Waals surface area (Å²) in [5.74, 6) is 0. The Morgan fingerprint density at radius 2 is 2.50 bits per heavy atom. The zero-order valence-electron chi connectivity index (χ0n) is 4.94. The summed E-state index contributed by atoms with van der Waals surface area (Å²) in [7, 11) is 0. The Morgan fingerprint density at radius 1 is 1.80 bits per heavy atom. The fourth-order valence-corrected chi connectivity index (χ4v) is 0.657. The summed E-state index contributed by atoms with van der Waals surface area (Å²) in [6.07, 6.45) is 4.57. The summed E-state index contributed by atoms with van der Waals surface area (Å²) >= 11 is 2.91. The van der Waals surface area contributed by atoms with Crippen LogP contribution in [-0.2, 0) is 0 Å². The highest BCUT2D eigenvalue weighted by Gasteiger charge is 2.04. The topological polar surface area (TPSA) is 64.2 Å². The van der Waals surface area contributed by atoms with Crippen LogP contribution in [0.1, 0.15) is 0 Å². The Kier molecular flexibility index (Phi) is 1.91. The number of urea groups is 1. The van der Waals surface area contributed by atoms with Crippen LogP contribution in [0.3, 0.4) is 0 Å². The molecule has 0 saturated heterocycles. The van der Waals surface area contributed by atoms with E-state index in [0.29, 0.717) is 0 Å². The number of rotatable bonds is 1. The van der Waals surface area contributed by atoms with Crippen molar-refractivity contribution in [1.29, 1.82) is 0 Å². The normalized spacial score (nSPS) is 9.30. The highest BCUT2D eigenvalue weighted by molar-refractivity contribution is 9.10. The van der Waals surface area contributed by atoms with Crippen molar-refractivity contribution in [2.24, 2.45) is 5.73 Å². The van der Waals surface area contributed by atoms with Gasteiger partial charge in [-0.3, -0.25) is 0 Å². The van der Waals surface area contributed by atoms with Gasteiger partial charge in [0.2, 0.25) is 0 Å². The third-order valence-corrected chi connectivity index (χ3v) is 1.59. The first-order chi connectivity index (χ1) is 4.72. The molecule has 5 nitrogen and oxygen atoms in total. The van der Waals surface area contributed by atoms with Gasteiger partial charge in [0, 0.05) is 12.4 Å². The van der Waals surface area contributed by atoms with Crippen molar-refractivity contribution in [2.75, 3.05) is 4.03 Å². The van der Waals surface area contributed by atoms with E-state index in [0.717, 1.165) is 4.03 Å². The number of nitrogens with two attached hydrogens (primary N) is 1. The molecule has 10 heavy (non-hydrogen) atoms. The Hall–Kier alpha value is -1.04. The summed E-state index contributed by atoms with van der Waals surface area (Å²) < 4.78 is 2.46. The molecule has 54 valence electrons. The molecule has 1 aromatic heterocycles. The smallest absolute Gasteiger partial charge is 0.344 e. The van der Waals surface area contributed by atoms with Crippen LogP contribution in [0.25, 0.3) is 0 Å². The average molecular weight is 205 g/mol. The second-order valence-electron chi connectivity index (χ2n) is 1.54. The van der Waals surface area contributed by atoms with Gasteiger partial charge in [0.25, 0.3) is 0 Å². The minimum Gasteiger partial charge on any atom is -0.349 e. The van der Waals surface area contributed by atoms with E-state index in [9.17, 15) is 4.79 Å². The zero-order valence-corrected chi connectivity index (χ0v) is 6.52. The van der Waals surface area contributed by atoms with Gasteiger partial charge >= 0.3 is 6.03 Å². The SMILES string of the molecule is NC(=O)N(Br)n1ccnc1. The van der Waals surface area contributed by atoms with Crippen LogP contribution < -0.4 is 9.77 Å². The molecule has 1 rings (SSSR count). The lowest BCUT2D eigenvalue weighted by Gasteiger charge is -2.10. The molecule has 1 heterocycles. The van der Waals surface area contributed by atoms with Crippen LogP contribution in [0.2, 0.25) is 0 Å². The quantitative estimate of drug-likeness (QED) is 0.666. The van der Waals surface area contributed by atoms with Crippen LogP contribution in [-0.4, -0.2) is 15.7 Å². The van der Waals surface area contributed by atoms with Crippen LogP contribution >= 0.6 is 16.1 Å². The molecule has 0 bridgehead atoms. The molecule has 1 aromatic rings. The van der Waals surface area contributed by atoms with Gasteiger partial charge in [-0.2, -0.15) is 4.03 Å². The Morgan fingerprint density at radius 3 is 2.90 bits per heavy atom. The molecular formula is C4H5BrN4O. The molecule has 0 aromatic carbocycles. The highest BCUT2D eigenvalue weighted by Crippen LogP contribution is 1.95. The number of primary amides is 1. The molecule has 0 atom stereocenters. The predicted molar refractivity (Wildman–Crippen MR) is 39.0 cm³/mol. The largest absolute Gasteiger partial charge is 0.349 e. The van der Waals surface area contributed by atoms with Gasteiger partial charge in [-0.1, -0.05) is 0 Å². The number of amides is 2. The van der Waals surface area contributed by atoms with Crippen molar-refractivity contribution >= 4 is 22.2 Å². The first-order valence-electron chi connectivity index (χ1n) is 2.45. The second-order valence-corrected chi connectivity index (χ2v) is 2.21. The molecule has 2 amide bonds. The van der Waals surface area contributed by atoms with E-state index in [1.165, 1.54) is 17.2 Å². The zero-order chi connectivity index (χ0) is 7.56.